The summed E-state index contributed by atoms with van der Waals surface area (Å²) >= 11 is 1.26. The van der Waals surface area contributed by atoms with Crippen LogP contribution in [0.25, 0.3) is 0 Å². The van der Waals surface area contributed by atoms with Crippen molar-refractivity contribution in [1.82, 2.24) is 10.6 Å². The van der Waals surface area contributed by atoms with Crippen molar-refractivity contribution in [2.75, 3.05) is 6.54 Å². The van der Waals surface area contributed by atoms with Crippen LogP contribution in [0.5, 0.6) is 0 Å². The van der Waals surface area contributed by atoms with Gasteiger partial charge in [0.1, 0.15) is 5.25 Å². The molecular formula is C17H20N4O2S. The van der Waals surface area contributed by atoms with E-state index in [-0.39, 0.29) is 18.2 Å². The van der Waals surface area contributed by atoms with Gasteiger partial charge in [-0.2, -0.15) is 5.10 Å². The number of hydrogen-bond acceptors (Lipinski definition) is 5. The highest BCUT2D eigenvalue weighted by Gasteiger charge is 2.32. The number of carbonyl (C=O) groups excluding carboxylic acids is 2. The molecule has 1 heterocycles. The summed E-state index contributed by atoms with van der Waals surface area (Å²) in [7, 11) is 0. The third-order valence-electron chi connectivity index (χ3n) is 3.97. The zero-order valence-electron chi connectivity index (χ0n) is 13.5. The van der Waals surface area contributed by atoms with Crippen molar-refractivity contribution >= 4 is 34.5 Å². The van der Waals surface area contributed by atoms with Crippen LogP contribution in [-0.4, -0.2) is 34.5 Å². The van der Waals surface area contributed by atoms with E-state index >= 15 is 0 Å². The highest BCUT2D eigenvalue weighted by Crippen LogP contribution is 2.24. The minimum Gasteiger partial charge on any atom is -0.356 e. The van der Waals surface area contributed by atoms with Crippen LogP contribution in [-0.2, 0) is 16.0 Å². The molecule has 3 rings (SSSR count). The highest BCUT2D eigenvalue weighted by atomic mass is 32.2. The largest absolute Gasteiger partial charge is 0.356 e. The van der Waals surface area contributed by atoms with Crippen LogP contribution in [0.2, 0.25) is 0 Å². The number of carbonyl (C=O) groups is 2. The second-order valence-electron chi connectivity index (χ2n) is 5.72. The Morgan fingerprint density at radius 2 is 2.17 bits per heavy atom. The fourth-order valence-electron chi connectivity index (χ4n) is 2.83. The molecule has 1 fully saturated rings. The lowest BCUT2D eigenvalue weighted by Crippen LogP contribution is -2.31. The molecule has 2 aliphatic rings. The Kier molecular flexibility index (Phi) is 5.30. The fraction of sp³-hybridized carbons (Fsp3) is 0.412. The van der Waals surface area contributed by atoms with E-state index in [9.17, 15) is 9.59 Å². The number of thioether (sulfide) groups is 1. The molecule has 1 atom stereocenters. The number of fused-ring (bicyclic) bond motifs is 1. The number of amidine groups is 1. The summed E-state index contributed by atoms with van der Waals surface area (Å²) in [4.78, 5) is 23.6. The topological polar surface area (TPSA) is 82.9 Å². The Morgan fingerprint density at radius 1 is 1.33 bits per heavy atom. The number of benzene rings is 1. The number of nitrogens with zero attached hydrogens (tertiary/aromatic N) is 2. The molecule has 0 saturated carbocycles. The summed E-state index contributed by atoms with van der Waals surface area (Å²) < 4.78 is 0. The van der Waals surface area contributed by atoms with Crippen molar-refractivity contribution in [3.63, 3.8) is 0 Å². The van der Waals surface area contributed by atoms with E-state index in [0.29, 0.717) is 11.7 Å². The van der Waals surface area contributed by atoms with E-state index in [2.05, 4.69) is 33.0 Å². The maximum absolute atomic E-state index is 11.9. The summed E-state index contributed by atoms with van der Waals surface area (Å²) in [5, 5.41) is 14.0. The zero-order chi connectivity index (χ0) is 16.9. The number of amides is 2. The van der Waals surface area contributed by atoms with E-state index in [1.807, 2.05) is 19.1 Å². The van der Waals surface area contributed by atoms with E-state index < -0.39 is 5.25 Å². The molecule has 2 N–H and O–H groups in total. The van der Waals surface area contributed by atoms with Crippen molar-refractivity contribution in [3.8, 4) is 0 Å². The van der Waals surface area contributed by atoms with Crippen molar-refractivity contribution in [3.05, 3.63) is 35.4 Å². The lowest BCUT2D eigenvalue weighted by Gasteiger charge is -2.16. The van der Waals surface area contributed by atoms with Crippen LogP contribution in [0.3, 0.4) is 0 Å². The Morgan fingerprint density at radius 3 is 3.00 bits per heavy atom. The molecule has 0 radical (unpaired) electrons. The zero-order valence-corrected chi connectivity index (χ0v) is 14.4. The van der Waals surface area contributed by atoms with Crippen LogP contribution in [0.1, 0.15) is 37.3 Å². The quantitative estimate of drug-likeness (QED) is 0.818. The second kappa shape index (κ2) is 7.61. The average molecular weight is 344 g/mol. The molecule has 0 bridgehead atoms. The first kappa shape index (κ1) is 16.7. The number of nitrogens with one attached hydrogen (secondary N) is 2. The predicted molar refractivity (Wildman–Crippen MR) is 96.2 cm³/mol. The van der Waals surface area contributed by atoms with Gasteiger partial charge in [0.25, 0.3) is 0 Å². The molecule has 1 aliphatic carbocycles. The number of rotatable bonds is 4. The lowest BCUT2D eigenvalue weighted by atomic mass is 9.90. The molecule has 7 heteroatoms. The third kappa shape index (κ3) is 3.84. The van der Waals surface area contributed by atoms with Gasteiger partial charge in [-0.05, 0) is 31.7 Å². The molecule has 0 spiro atoms. The minimum absolute atomic E-state index is 0.126. The molecule has 1 aromatic carbocycles. The monoisotopic (exact) mass is 344 g/mol. The molecule has 1 saturated heterocycles. The predicted octanol–water partition coefficient (Wildman–Crippen LogP) is 1.84. The molecule has 2 amide bonds. The van der Waals surface area contributed by atoms with Gasteiger partial charge in [-0.15, -0.1) is 5.10 Å². The summed E-state index contributed by atoms with van der Waals surface area (Å²) in [5.41, 5.74) is 3.38. The molecule has 1 unspecified atom stereocenters. The third-order valence-corrected chi connectivity index (χ3v) is 5.04. The van der Waals surface area contributed by atoms with Gasteiger partial charge in [-0.25, -0.2) is 0 Å². The Balaban J connectivity index is 1.70. The van der Waals surface area contributed by atoms with Crippen LogP contribution in [0, 0.1) is 0 Å². The smallest absolute Gasteiger partial charge is 0.240 e. The second-order valence-corrected chi connectivity index (χ2v) is 6.91. The van der Waals surface area contributed by atoms with Crippen LogP contribution in [0.4, 0.5) is 0 Å². The van der Waals surface area contributed by atoms with Gasteiger partial charge in [-0.1, -0.05) is 36.0 Å². The van der Waals surface area contributed by atoms with E-state index in [1.54, 1.807) is 0 Å². The summed E-state index contributed by atoms with van der Waals surface area (Å²) in [5.74, 6) is -0.312. The Hall–Kier alpha value is -2.15. The van der Waals surface area contributed by atoms with E-state index in [4.69, 9.17) is 0 Å². The van der Waals surface area contributed by atoms with Gasteiger partial charge in [0.2, 0.25) is 11.8 Å². The van der Waals surface area contributed by atoms with Gasteiger partial charge in [0.05, 0.1) is 5.71 Å². The van der Waals surface area contributed by atoms with Crippen molar-refractivity contribution in [1.29, 1.82) is 0 Å². The van der Waals surface area contributed by atoms with E-state index in [0.717, 1.165) is 30.5 Å². The van der Waals surface area contributed by atoms with Crippen molar-refractivity contribution in [2.24, 2.45) is 10.2 Å². The lowest BCUT2D eigenvalue weighted by molar-refractivity contribution is -0.125. The maximum Gasteiger partial charge on any atom is 0.240 e. The Bertz CT molecular complexity index is 714. The minimum atomic E-state index is -0.436. The van der Waals surface area contributed by atoms with Crippen LogP contribution < -0.4 is 10.6 Å². The SMILES string of the molecule is CCNC(=O)CC1S/C(=N\N=C2\CCCc3ccccc32)NC1=O. The molecule has 1 aromatic rings. The molecule has 1 aliphatic heterocycles. The first-order valence-electron chi connectivity index (χ1n) is 8.14. The molecule has 0 aromatic heterocycles. The first-order chi connectivity index (χ1) is 11.7. The van der Waals surface area contributed by atoms with Crippen LogP contribution >= 0.6 is 11.8 Å². The summed E-state index contributed by atoms with van der Waals surface area (Å²) in [6.45, 7) is 2.41. The van der Waals surface area contributed by atoms with Crippen LogP contribution in [0.15, 0.2) is 34.5 Å². The maximum atomic E-state index is 11.9. The molecule has 6 nitrogen and oxygen atoms in total. The van der Waals surface area contributed by atoms with Gasteiger partial charge in [0, 0.05) is 18.5 Å². The number of hydrogen-bond donors (Lipinski definition) is 2. The Labute approximate surface area is 145 Å². The van der Waals surface area contributed by atoms with Gasteiger partial charge in [-0.3, -0.25) is 9.59 Å². The van der Waals surface area contributed by atoms with Crippen molar-refractivity contribution < 1.29 is 9.59 Å². The number of aryl methyl sites for hydroxylation is 1. The summed E-state index contributed by atoms with van der Waals surface area (Å²) in [6.07, 6.45) is 3.16. The highest BCUT2D eigenvalue weighted by molar-refractivity contribution is 8.15. The fourth-order valence-corrected chi connectivity index (χ4v) is 3.75. The van der Waals surface area contributed by atoms with Gasteiger partial charge < -0.3 is 10.6 Å². The van der Waals surface area contributed by atoms with Gasteiger partial charge in [0.15, 0.2) is 5.17 Å². The summed E-state index contributed by atoms with van der Waals surface area (Å²) in [6, 6.07) is 8.21. The standard InChI is InChI=1S/C17H20N4O2S/c1-2-18-15(22)10-14-16(23)19-17(24-14)21-20-13-9-5-7-11-6-3-4-8-12(11)13/h3-4,6,8,14H,2,5,7,9-10H2,1H3,(H,18,22)(H,19,21,23)/b20-13-. The first-order valence-corrected chi connectivity index (χ1v) is 9.02. The van der Waals surface area contributed by atoms with Crippen molar-refractivity contribution in [2.45, 2.75) is 37.9 Å². The molecular weight excluding hydrogens is 324 g/mol. The molecule has 126 valence electrons. The normalized spacial score (nSPS) is 23.2. The van der Waals surface area contributed by atoms with Gasteiger partial charge >= 0.3 is 0 Å². The average Bonchev–Trinajstić information content (AvgIpc) is 2.93. The van der Waals surface area contributed by atoms with E-state index in [1.165, 1.54) is 17.3 Å². The molecule has 24 heavy (non-hydrogen) atoms.